The number of hydrogen-bond donors (Lipinski definition) is 1. The summed E-state index contributed by atoms with van der Waals surface area (Å²) in [6.45, 7) is 5.24. The Balaban J connectivity index is 1.84. The van der Waals surface area contributed by atoms with E-state index in [1.54, 1.807) is 0 Å². The molecular formula is C12H22N2O. The second-order valence-electron chi connectivity index (χ2n) is 4.83. The van der Waals surface area contributed by atoms with Crippen molar-refractivity contribution in [2.75, 3.05) is 19.6 Å². The van der Waals surface area contributed by atoms with E-state index < -0.39 is 0 Å². The van der Waals surface area contributed by atoms with Gasteiger partial charge in [0.2, 0.25) is 5.91 Å². The molecule has 15 heavy (non-hydrogen) atoms. The summed E-state index contributed by atoms with van der Waals surface area (Å²) in [5.74, 6) is 1.19. The fourth-order valence-electron chi connectivity index (χ4n) is 2.51. The highest BCUT2D eigenvalue weighted by Crippen LogP contribution is 2.21. The molecule has 86 valence electrons. The quantitative estimate of drug-likeness (QED) is 0.747. The fraction of sp³-hybridized carbons (Fsp3) is 0.917. The molecule has 0 aromatic carbocycles. The monoisotopic (exact) mass is 210 g/mol. The summed E-state index contributed by atoms with van der Waals surface area (Å²) < 4.78 is 0. The molecule has 2 rings (SSSR count). The molecule has 3 nitrogen and oxygen atoms in total. The van der Waals surface area contributed by atoms with Gasteiger partial charge in [-0.05, 0) is 38.1 Å². The fourth-order valence-corrected chi connectivity index (χ4v) is 2.51. The van der Waals surface area contributed by atoms with Crippen molar-refractivity contribution in [1.29, 1.82) is 0 Å². The van der Waals surface area contributed by atoms with Crippen molar-refractivity contribution in [2.45, 2.75) is 45.1 Å². The molecule has 2 heterocycles. The third-order valence-electron chi connectivity index (χ3n) is 3.86. The van der Waals surface area contributed by atoms with Gasteiger partial charge in [-0.15, -0.1) is 0 Å². The number of hydrogen-bond acceptors (Lipinski definition) is 2. The summed E-state index contributed by atoms with van der Waals surface area (Å²) in [4.78, 5) is 14.1. The molecule has 2 saturated heterocycles. The third-order valence-corrected chi connectivity index (χ3v) is 3.86. The van der Waals surface area contributed by atoms with Gasteiger partial charge in [0.15, 0.2) is 0 Å². The molecule has 0 aromatic heterocycles. The SMILES string of the molecule is CCC1CCCN(C(=O)[C@H]2CCN2)CC1. The molecule has 0 radical (unpaired) electrons. The van der Waals surface area contributed by atoms with E-state index in [0.29, 0.717) is 5.91 Å². The molecule has 2 aliphatic rings. The molecule has 1 unspecified atom stereocenters. The number of nitrogens with one attached hydrogen (secondary N) is 1. The first-order chi connectivity index (χ1) is 7.31. The Bertz CT molecular complexity index is 226. The first-order valence-corrected chi connectivity index (χ1v) is 6.33. The van der Waals surface area contributed by atoms with E-state index in [2.05, 4.69) is 17.1 Å². The third kappa shape index (κ3) is 2.51. The summed E-state index contributed by atoms with van der Waals surface area (Å²) in [6.07, 6.45) is 6.00. The van der Waals surface area contributed by atoms with Crippen LogP contribution in [0.3, 0.4) is 0 Å². The minimum absolute atomic E-state index is 0.142. The predicted molar refractivity (Wildman–Crippen MR) is 60.6 cm³/mol. The van der Waals surface area contributed by atoms with E-state index in [9.17, 15) is 4.79 Å². The lowest BCUT2D eigenvalue weighted by molar-refractivity contribution is -0.135. The largest absolute Gasteiger partial charge is 0.341 e. The Morgan fingerprint density at radius 1 is 1.33 bits per heavy atom. The first-order valence-electron chi connectivity index (χ1n) is 6.33. The predicted octanol–water partition coefficient (Wildman–Crippen LogP) is 1.39. The molecule has 3 heteroatoms. The van der Waals surface area contributed by atoms with Crippen molar-refractivity contribution in [3.8, 4) is 0 Å². The summed E-state index contributed by atoms with van der Waals surface area (Å²) in [5.41, 5.74) is 0. The van der Waals surface area contributed by atoms with E-state index in [-0.39, 0.29) is 6.04 Å². The zero-order valence-electron chi connectivity index (χ0n) is 9.67. The van der Waals surface area contributed by atoms with Crippen LogP contribution in [0.5, 0.6) is 0 Å². The highest BCUT2D eigenvalue weighted by molar-refractivity contribution is 5.82. The lowest BCUT2D eigenvalue weighted by atomic mass is 9.98. The van der Waals surface area contributed by atoms with Crippen LogP contribution in [-0.4, -0.2) is 36.5 Å². The van der Waals surface area contributed by atoms with E-state index in [1.165, 1.54) is 25.7 Å². The van der Waals surface area contributed by atoms with Gasteiger partial charge in [0.1, 0.15) is 0 Å². The Labute approximate surface area is 92.2 Å². The van der Waals surface area contributed by atoms with Crippen LogP contribution in [0.4, 0.5) is 0 Å². The Morgan fingerprint density at radius 2 is 2.13 bits per heavy atom. The van der Waals surface area contributed by atoms with Crippen LogP contribution in [0.1, 0.15) is 39.0 Å². The van der Waals surface area contributed by atoms with E-state index in [1.807, 2.05) is 0 Å². The van der Waals surface area contributed by atoms with Gasteiger partial charge < -0.3 is 10.2 Å². The van der Waals surface area contributed by atoms with E-state index in [4.69, 9.17) is 0 Å². The van der Waals surface area contributed by atoms with Crippen molar-refractivity contribution in [1.82, 2.24) is 10.2 Å². The zero-order chi connectivity index (χ0) is 10.7. The summed E-state index contributed by atoms with van der Waals surface area (Å²) >= 11 is 0. The second kappa shape index (κ2) is 4.97. The van der Waals surface area contributed by atoms with Gasteiger partial charge in [0.05, 0.1) is 6.04 Å². The van der Waals surface area contributed by atoms with E-state index >= 15 is 0 Å². The van der Waals surface area contributed by atoms with Crippen LogP contribution in [-0.2, 0) is 4.79 Å². The molecule has 1 amide bonds. The molecular weight excluding hydrogens is 188 g/mol. The minimum atomic E-state index is 0.142. The number of carbonyl (C=O) groups is 1. The van der Waals surface area contributed by atoms with Gasteiger partial charge in [0.25, 0.3) is 0 Å². The molecule has 0 spiro atoms. The van der Waals surface area contributed by atoms with Gasteiger partial charge in [-0.25, -0.2) is 0 Å². The molecule has 0 aliphatic carbocycles. The van der Waals surface area contributed by atoms with Crippen LogP contribution in [0.25, 0.3) is 0 Å². The molecule has 2 fully saturated rings. The Hall–Kier alpha value is -0.570. The van der Waals surface area contributed by atoms with Crippen molar-refractivity contribution in [3.05, 3.63) is 0 Å². The average molecular weight is 210 g/mol. The summed E-state index contributed by atoms with van der Waals surface area (Å²) in [7, 11) is 0. The van der Waals surface area contributed by atoms with E-state index in [0.717, 1.165) is 32.0 Å². The van der Waals surface area contributed by atoms with Crippen molar-refractivity contribution >= 4 is 5.91 Å². The molecule has 0 saturated carbocycles. The van der Waals surface area contributed by atoms with Gasteiger partial charge in [-0.2, -0.15) is 0 Å². The van der Waals surface area contributed by atoms with Gasteiger partial charge >= 0.3 is 0 Å². The lowest BCUT2D eigenvalue weighted by Gasteiger charge is -2.32. The van der Waals surface area contributed by atoms with Crippen LogP contribution in [0, 0.1) is 5.92 Å². The van der Waals surface area contributed by atoms with Gasteiger partial charge in [0, 0.05) is 13.1 Å². The minimum Gasteiger partial charge on any atom is -0.341 e. The number of likely N-dealkylation sites (tertiary alicyclic amines) is 1. The van der Waals surface area contributed by atoms with Crippen molar-refractivity contribution < 1.29 is 4.79 Å². The summed E-state index contributed by atoms with van der Waals surface area (Å²) in [5, 5.41) is 3.20. The summed E-state index contributed by atoms with van der Waals surface area (Å²) in [6, 6.07) is 0.142. The normalized spacial score (nSPS) is 31.9. The van der Waals surface area contributed by atoms with Crippen LogP contribution in [0.2, 0.25) is 0 Å². The number of carbonyl (C=O) groups excluding carboxylic acids is 1. The molecule has 0 aromatic rings. The smallest absolute Gasteiger partial charge is 0.239 e. The average Bonchev–Trinajstić information content (AvgIpc) is 2.39. The van der Waals surface area contributed by atoms with Gasteiger partial charge in [-0.3, -0.25) is 4.79 Å². The maximum atomic E-state index is 12.0. The second-order valence-corrected chi connectivity index (χ2v) is 4.83. The van der Waals surface area contributed by atoms with Gasteiger partial charge in [-0.1, -0.05) is 13.3 Å². The van der Waals surface area contributed by atoms with Crippen molar-refractivity contribution in [3.63, 3.8) is 0 Å². The zero-order valence-corrected chi connectivity index (χ0v) is 9.67. The Morgan fingerprint density at radius 3 is 2.73 bits per heavy atom. The number of amides is 1. The van der Waals surface area contributed by atoms with Crippen molar-refractivity contribution in [2.24, 2.45) is 5.92 Å². The van der Waals surface area contributed by atoms with Crippen LogP contribution >= 0.6 is 0 Å². The topological polar surface area (TPSA) is 32.3 Å². The maximum absolute atomic E-state index is 12.0. The molecule has 1 N–H and O–H groups in total. The van der Waals surface area contributed by atoms with Crippen LogP contribution < -0.4 is 5.32 Å². The molecule has 0 bridgehead atoms. The highest BCUT2D eigenvalue weighted by atomic mass is 16.2. The van der Waals surface area contributed by atoms with Crippen LogP contribution in [0.15, 0.2) is 0 Å². The number of rotatable bonds is 2. The lowest BCUT2D eigenvalue weighted by Crippen LogP contribution is -2.54. The first kappa shape index (κ1) is 10.9. The highest BCUT2D eigenvalue weighted by Gasteiger charge is 2.29. The molecule has 2 atom stereocenters. The number of nitrogens with zero attached hydrogens (tertiary/aromatic N) is 1. The Kier molecular flexibility index (Phi) is 3.62. The maximum Gasteiger partial charge on any atom is 0.239 e. The standard InChI is InChI=1S/C12H22N2O/c1-2-10-4-3-8-14(9-6-10)12(15)11-5-7-13-11/h10-11,13H,2-9H2,1H3/t10?,11-/m1/s1. The molecule has 2 aliphatic heterocycles.